The standard InChI is InChI=1S/C21H26N4O3/c1-28-17-9-15(11-22-12-17)20(14-7-16(26)8-14)23-21(27)19-10-18(24-25-19)13-5-3-2-4-6-13/h2-6,9,11-12,14,16,18-20,24-26H,7-8,10H2,1H3,(H,23,27). The van der Waals surface area contributed by atoms with Crippen LogP contribution in [0.15, 0.2) is 48.8 Å². The lowest BCUT2D eigenvalue weighted by atomic mass is 9.75. The number of pyridine rings is 1. The van der Waals surface area contributed by atoms with E-state index in [0.29, 0.717) is 25.0 Å². The zero-order valence-electron chi connectivity index (χ0n) is 15.8. The molecule has 1 saturated carbocycles. The number of nitrogens with zero attached hydrogens (tertiary/aromatic N) is 1. The Morgan fingerprint density at radius 3 is 2.71 bits per heavy atom. The van der Waals surface area contributed by atoms with Gasteiger partial charge in [-0.1, -0.05) is 30.3 Å². The summed E-state index contributed by atoms with van der Waals surface area (Å²) in [6, 6.07) is 11.6. The van der Waals surface area contributed by atoms with Gasteiger partial charge in [0.05, 0.1) is 25.5 Å². The Hall–Kier alpha value is -2.48. The molecule has 2 fully saturated rings. The van der Waals surface area contributed by atoms with Crippen LogP contribution in [-0.2, 0) is 4.79 Å². The highest BCUT2D eigenvalue weighted by Crippen LogP contribution is 2.38. The van der Waals surface area contributed by atoms with Gasteiger partial charge in [-0.3, -0.25) is 9.78 Å². The highest BCUT2D eigenvalue weighted by Gasteiger charge is 2.38. The van der Waals surface area contributed by atoms with E-state index >= 15 is 0 Å². The fraction of sp³-hybridized carbons (Fsp3) is 0.429. The largest absolute Gasteiger partial charge is 0.495 e. The minimum absolute atomic E-state index is 0.0554. The van der Waals surface area contributed by atoms with E-state index in [1.54, 1.807) is 19.5 Å². The molecule has 4 N–H and O–H groups in total. The number of methoxy groups -OCH3 is 1. The molecule has 0 spiro atoms. The summed E-state index contributed by atoms with van der Waals surface area (Å²) in [5.74, 6) is 0.786. The Labute approximate surface area is 164 Å². The summed E-state index contributed by atoms with van der Waals surface area (Å²) in [7, 11) is 1.60. The quantitative estimate of drug-likeness (QED) is 0.607. The number of hydrogen-bond donors (Lipinski definition) is 4. The Bertz CT molecular complexity index is 810. The molecule has 3 unspecified atom stereocenters. The summed E-state index contributed by atoms with van der Waals surface area (Å²) >= 11 is 0. The zero-order valence-corrected chi connectivity index (χ0v) is 15.8. The van der Waals surface area contributed by atoms with Gasteiger partial charge < -0.3 is 15.2 Å². The van der Waals surface area contributed by atoms with Gasteiger partial charge in [0.1, 0.15) is 11.8 Å². The molecule has 3 atom stereocenters. The normalized spacial score (nSPS) is 27.6. The Morgan fingerprint density at radius 2 is 2.00 bits per heavy atom. The fourth-order valence-corrected chi connectivity index (χ4v) is 3.98. The van der Waals surface area contributed by atoms with Gasteiger partial charge in [-0.15, -0.1) is 0 Å². The predicted octanol–water partition coefficient (Wildman–Crippen LogP) is 1.63. The molecule has 2 aliphatic rings. The van der Waals surface area contributed by atoms with Crippen LogP contribution in [0.3, 0.4) is 0 Å². The van der Waals surface area contributed by atoms with E-state index in [0.717, 1.165) is 11.1 Å². The monoisotopic (exact) mass is 382 g/mol. The number of aliphatic hydroxyl groups excluding tert-OH is 1. The zero-order chi connectivity index (χ0) is 19.5. The predicted molar refractivity (Wildman–Crippen MR) is 104 cm³/mol. The van der Waals surface area contributed by atoms with Gasteiger partial charge in [-0.05, 0) is 42.4 Å². The lowest BCUT2D eigenvalue weighted by Crippen LogP contribution is -2.48. The van der Waals surface area contributed by atoms with Crippen molar-refractivity contribution in [3.8, 4) is 5.75 Å². The van der Waals surface area contributed by atoms with E-state index in [4.69, 9.17) is 4.74 Å². The van der Waals surface area contributed by atoms with Crippen molar-refractivity contribution in [3.63, 3.8) is 0 Å². The number of aromatic nitrogens is 1. The molecule has 1 amide bonds. The van der Waals surface area contributed by atoms with E-state index in [1.165, 1.54) is 0 Å². The molecule has 2 heterocycles. The summed E-state index contributed by atoms with van der Waals surface area (Å²) in [6.07, 6.45) is 5.12. The van der Waals surface area contributed by atoms with E-state index in [-0.39, 0.29) is 36.1 Å². The SMILES string of the molecule is COc1cncc(C(NC(=O)C2CC(c3ccccc3)NN2)C2CC(O)C2)c1. The van der Waals surface area contributed by atoms with Crippen molar-refractivity contribution in [2.45, 2.75) is 43.5 Å². The second-order valence-corrected chi connectivity index (χ2v) is 7.57. The van der Waals surface area contributed by atoms with Crippen molar-refractivity contribution in [3.05, 3.63) is 59.9 Å². The molecule has 0 bridgehead atoms. The first-order chi connectivity index (χ1) is 13.6. The molecule has 2 aromatic rings. The lowest BCUT2D eigenvalue weighted by Gasteiger charge is -2.38. The molecule has 0 radical (unpaired) electrons. The Kier molecular flexibility index (Phi) is 5.57. The number of rotatable bonds is 6. The second-order valence-electron chi connectivity index (χ2n) is 7.57. The maximum absolute atomic E-state index is 13.0. The summed E-state index contributed by atoms with van der Waals surface area (Å²) in [4.78, 5) is 17.2. The van der Waals surface area contributed by atoms with E-state index in [9.17, 15) is 9.90 Å². The van der Waals surface area contributed by atoms with Crippen LogP contribution in [-0.4, -0.2) is 35.3 Å². The summed E-state index contributed by atoms with van der Waals surface area (Å²) in [5.41, 5.74) is 8.38. The molecule has 1 aromatic heterocycles. The number of benzene rings is 1. The van der Waals surface area contributed by atoms with E-state index in [2.05, 4.69) is 33.3 Å². The number of hydrazine groups is 1. The van der Waals surface area contributed by atoms with Crippen LogP contribution in [0.25, 0.3) is 0 Å². The van der Waals surface area contributed by atoms with Crippen LogP contribution >= 0.6 is 0 Å². The minimum atomic E-state index is -0.323. The molecule has 1 aromatic carbocycles. The summed E-state index contributed by atoms with van der Waals surface area (Å²) in [5, 5.41) is 12.9. The average Bonchev–Trinajstić information content (AvgIpc) is 3.21. The van der Waals surface area contributed by atoms with Crippen LogP contribution < -0.4 is 20.9 Å². The number of hydrogen-bond acceptors (Lipinski definition) is 6. The van der Waals surface area contributed by atoms with Crippen molar-refractivity contribution < 1.29 is 14.6 Å². The highest BCUT2D eigenvalue weighted by molar-refractivity contribution is 5.82. The molecule has 4 rings (SSSR count). The molecule has 1 aliphatic carbocycles. The maximum Gasteiger partial charge on any atom is 0.239 e. The van der Waals surface area contributed by atoms with Gasteiger partial charge in [0, 0.05) is 12.2 Å². The Morgan fingerprint density at radius 1 is 1.21 bits per heavy atom. The Balaban J connectivity index is 1.45. The number of carbonyl (C=O) groups is 1. The van der Waals surface area contributed by atoms with Gasteiger partial charge in [0.15, 0.2) is 0 Å². The maximum atomic E-state index is 13.0. The van der Waals surface area contributed by atoms with Gasteiger partial charge in [0.2, 0.25) is 5.91 Å². The second kappa shape index (κ2) is 8.26. The average molecular weight is 382 g/mol. The van der Waals surface area contributed by atoms with Crippen molar-refractivity contribution in [1.29, 1.82) is 0 Å². The number of amides is 1. The number of nitrogens with one attached hydrogen (secondary N) is 3. The number of aliphatic hydroxyl groups is 1. The minimum Gasteiger partial charge on any atom is -0.495 e. The molecule has 7 heteroatoms. The lowest BCUT2D eigenvalue weighted by molar-refractivity contribution is -0.124. The number of carbonyl (C=O) groups excluding carboxylic acids is 1. The van der Waals surface area contributed by atoms with Crippen LogP contribution in [0, 0.1) is 5.92 Å². The third kappa shape index (κ3) is 4.01. The van der Waals surface area contributed by atoms with Crippen molar-refractivity contribution in [2.24, 2.45) is 5.92 Å². The van der Waals surface area contributed by atoms with E-state index in [1.807, 2.05) is 24.3 Å². The third-order valence-electron chi connectivity index (χ3n) is 5.67. The molecule has 7 nitrogen and oxygen atoms in total. The van der Waals surface area contributed by atoms with E-state index < -0.39 is 0 Å². The smallest absolute Gasteiger partial charge is 0.239 e. The summed E-state index contributed by atoms with van der Waals surface area (Å²) in [6.45, 7) is 0. The van der Waals surface area contributed by atoms with Gasteiger partial charge in [0.25, 0.3) is 0 Å². The first kappa shape index (κ1) is 18.9. The molecular formula is C21H26N4O3. The summed E-state index contributed by atoms with van der Waals surface area (Å²) < 4.78 is 5.28. The molecule has 1 aliphatic heterocycles. The first-order valence-electron chi connectivity index (χ1n) is 9.67. The van der Waals surface area contributed by atoms with Crippen LogP contribution in [0.2, 0.25) is 0 Å². The molecular weight excluding hydrogens is 356 g/mol. The molecule has 148 valence electrons. The fourth-order valence-electron chi connectivity index (χ4n) is 3.98. The first-order valence-corrected chi connectivity index (χ1v) is 9.67. The van der Waals surface area contributed by atoms with Gasteiger partial charge in [-0.2, -0.15) is 0 Å². The van der Waals surface area contributed by atoms with Crippen LogP contribution in [0.4, 0.5) is 0 Å². The topological polar surface area (TPSA) is 95.5 Å². The van der Waals surface area contributed by atoms with Crippen LogP contribution in [0.1, 0.15) is 42.5 Å². The van der Waals surface area contributed by atoms with Crippen molar-refractivity contribution in [1.82, 2.24) is 21.2 Å². The van der Waals surface area contributed by atoms with Crippen LogP contribution in [0.5, 0.6) is 5.75 Å². The van der Waals surface area contributed by atoms with Crippen molar-refractivity contribution in [2.75, 3.05) is 7.11 Å². The number of ether oxygens (including phenoxy) is 1. The van der Waals surface area contributed by atoms with Crippen molar-refractivity contribution >= 4 is 5.91 Å². The van der Waals surface area contributed by atoms with Gasteiger partial charge >= 0.3 is 0 Å². The third-order valence-corrected chi connectivity index (χ3v) is 5.67. The molecule has 28 heavy (non-hydrogen) atoms. The van der Waals surface area contributed by atoms with Gasteiger partial charge in [-0.25, -0.2) is 10.9 Å². The highest BCUT2D eigenvalue weighted by atomic mass is 16.5. The molecule has 1 saturated heterocycles.